The van der Waals surface area contributed by atoms with E-state index in [0.29, 0.717) is 24.2 Å². The molecule has 0 aromatic carbocycles. The molecule has 6 nitrogen and oxygen atoms in total. The molecule has 17 heavy (non-hydrogen) atoms. The minimum absolute atomic E-state index is 0.360. The molecule has 1 aromatic heterocycles. The third-order valence-electron chi connectivity index (χ3n) is 3.05. The molecule has 2 rings (SSSR count). The van der Waals surface area contributed by atoms with Crippen LogP contribution in [0.1, 0.15) is 31.5 Å². The fourth-order valence-electron chi connectivity index (χ4n) is 1.89. The standard InChI is InChI=1S/C11H19N5O/c1-8-3-5-16(6-4-8)11(12)13-7-10-14-9(2)15-17-10/h8H,3-7H2,1-2H3,(H2,12,13). The van der Waals surface area contributed by atoms with E-state index < -0.39 is 0 Å². The highest BCUT2D eigenvalue weighted by Crippen LogP contribution is 2.15. The highest BCUT2D eigenvalue weighted by atomic mass is 16.5. The van der Waals surface area contributed by atoms with Crippen LogP contribution in [0, 0.1) is 12.8 Å². The van der Waals surface area contributed by atoms with Crippen LogP contribution in [-0.4, -0.2) is 34.1 Å². The summed E-state index contributed by atoms with van der Waals surface area (Å²) in [5.41, 5.74) is 5.93. The van der Waals surface area contributed by atoms with Crippen molar-refractivity contribution < 1.29 is 4.52 Å². The van der Waals surface area contributed by atoms with Crippen molar-refractivity contribution in [1.82, 2.24) is 15.0 Å². The number of nitrogens with two attached hydrogens (primary N) is 1. The summed E-state index contributed by atoms with van der Waals surface area (Å²) in [7, 11) is 0. The van der Waals surface area contributed by atoms with Crippen LogP contribution in [-0.2, 0) is 6.54 Å². The lowest BCUT2D eigenvalue weighted by Gasteiger charge is -2.30. The van der Waals surface area contributed by atoms with Gasteiger partial charge in [-0.2, -0.15) is 4.98 Å². The molecule has 0 bridgehead atoms. The molecule has 94 valence electrons. The molecule has 2 heterocycles. The summed E-state index contributed by atoms with van der Waals surface area (Å²) in [5.74, 6) is 2.50. The Balaban J connectivity index is 1.88. The maximum absolute atomic E-state index is 5.93. The smallest absolute Gasteiger partial charge is 0.248 e. The number of likely N-dealkylation sites (tertiary alicyclic amines) is 1. The number of nitrogens with zero attached hydrogens (tertiary/aromatic N) is 4. The van der Waals surface area contributed by atoms with Gasteiger partial charge in [-0.3, -0.25) is 0 Å². The molecule has 0 spiro atoms. The quantitative estimate of drug-likeness (QED) is 0.611. The first-order valence-electron chi connectivity index (χ1n) is 5.99. The number of hydrogen-bond donors (Lipinski definition) is 1. The first-order valence-corrected chi connectivity index (χ1v) is 5.99. The Morgan fingerprint density at radius 3 is 2.82 bits per heavy atom. The highest BCUT2D eigenvalue weighted by molar-refractivity contribution is 5.78. The van der Waals surface area contributed by atoms with E-state index >= 15 is 0 Å². The van der Waals surface area contributed by atoms with Crippen molar-refractivity contribution in [2.45, 2.75) is 33.2 Å². The maximum atomic E-state index is 5.93. The monoisotopic (exact) mass is 237 g/mol. The second-order valence-electron chi connectivity index (χ2n) is 4.58. The second-order valence-corrected chi connectivity index (χ2v) is 4.58. The van der Waals surface area contributed by atoms with Crippen molar-refractivity contribution in [3.05, 3.63) is 11.7 Å². The van der Waals surface area contributed by atoms with Crippen LogP contribution in [0.15, 0.2) is 9.52 Å². The molecule has 1 fully saturated rings. The number of piperidine rings is 1. The third-order valence-corrected chi connectivity index (χ3v) is 3.05. The van der Waals surface area contributed by atoms with Gasteiger partial charge in [0.25, 0.3) is 0 Å². The van der Waals surface area contributed by atoms with Gasteiger partial charge in [0.1, 0.15) is 6.54 Å². The van der Waals surface area contributed by atoms with Gasteiger partial charge in [0, 0.05) is 13.1 Å². The Bertz CT molecular complexity index is 392. The fraction of sp³-hybridized carbons (Fsp3) is 0.727. The van der Waals surface area contributed by atoms with Crippen molar-refractivity contribution >= 4 is 5.96 Å². The zero-order valence-electron chi connectivity index (χ0n) is 10.4. The molecule has 0 unspecified atom stereocenters. The van der Waals surface area contributed by atoms with E-state index in [4.69, 9.17) is 10.3 Å². The van der Waals surface area contributed by atoms with Gasteiger partial charge >= 0.3 is 0 Å². The van der Waals surface area contributed by atoms with Crippen LogP contribution in [0.25, 0.3) is 0 Å². The molecule has 0 aliphatic carbocycles. The van der Waals surface area contributed by atoms with Gasteiger partial charge in [0.05, 0.1) is 0 Å². The largest absolute Gasteiger partial charge is 0.370 e. The summed E-state index contributed by atoms with van der Waals surface area (Å²) in [4.78, 5) is 10.5. The first-order chi connectivity index (χ1) is 8.15. The molecule has 1 aliphatic rings. The fourth-order valence-corrected chi connectivity index (χ4v) is 1.89. The molecule has 0 saturated carbocycles. The summed E-state index contributed by atoms with van der Waals surface area (Å²) in [6, 6.07) is 0. The molecular weight excluding hydrogens is 218 g/mol. The van der Waals surface area contributed by atoms with E-state index in [1.165, 1.54) is 12.8 Å². The third kappa shape index (κ3) is 3.18. The summed E-state index contributed by atoms with van der Waals surface area (Å²) in [6.07, 6.45) is 2.35. The lowest BCUT2D eigenvalue weighted by atomic mass is 10.00. The molecule has 6 heteroatoms. The number of hydrogen-bond acceptors (Lipinski definition) is 4. The average molecular weight is 237 g/mol. The summed E-state index contributed by atoms with van der Waals surface area (Å²) in [5, 5.41) is 3.71. The molecule has 2 N–H and O–H groups in total. The van der Waals surface area contributed by atoms with Crippen LogP contribution in [0.3, 0.4) is 0 Å². The topological polar surface area (TPSA) is 80.5 Å². The molecule has 1 aliphatic heterocycles. The van der Waals surface area contributed by atoms with Crippen molar-refractivity contribution in [2.75, 3.05) is 13.1 Å². The molecule has 0 radical (unpaired) electrons. The maximum Gasteiger partial charge on any atom is 0.248 e. The Kier molecular flexibility index (Phi) is 3.61. The van der Waals surface area contributed by atoms with E-state index in [2.05, 4.69) is 27.0 Å². The van der Waals surface area contributed by atoms with Gasteiger partial charge in [-0.05, 0) is 25.7 Å². The summed E-state index contributed by atoms with van der Waals surface area (Å²) < 4.78 is 4.98. The normalized spacial score (nSPS) is 18.7. The minimum atomic E-state index is 0.360. The average Bonchev–Trinajstić information content (AvgIpc) is 2.73. The predicted molar refractivity (Wildman–Crippen MR) is 64.3 cm³/mol. The van der Waals surface area contributed by atoms with Crippen molar-refractivity contribution in [3.8, 4) is 0 Å². The van der Waals surface area contributed by atoms with E-state index in [1.54, 1.807) is 6.92 Å². The number of aryl methyl sites for hydroxylation is 1. The number of rotatable bonds is 2. The number of aliphatic imine (C=N–C) groups is 1. The Hall–Kier alpha value is -1.59. The van der Waals surface area contributed by atoms with Crippen molar-refractivity contribution in [2.24, 2.45) is 16.6 Å². The van der Waals surface area contributed by atoms with E-state index in [9.17, 15) is 0 Å². The zero-order valence-corrected chi connectivity index (χ0v) is 10.4. The van der Waals surface area contributed by atoms with E-state index in [1.807, 2.05) is 0 Å². The van der Waals surface area contributed by atoms with Gasteiger partial charge in [-0.1, -0.05) is 12.1 Å². The number of guanidine groups is 1. The first kappa shape index (κ1) is 11.9. The molecule has 0 atom stereocenters. The second kappa shape index (κ2) is 5.16. The Morgan fingerprint density at radius 1 is 1.53 bits per heavy atom. The molecular formula is C11H19N5O. The SMILES string of the molecule is Cc1noc(CN=C(N)N2CCC(C)CC2)n1. The van der Waals surface area contributed by atoms with Gasteiger partial charge in [-0.15, -0.1) is 0 Å². The van der Waals surface area contributed by atoms with Crippen LogP contribution in [0.5, 0.6) is 0 Å². The lowest BCUT2D eigenvalue weighted by Crippen LogP contribution is -2.42. The number of aromatic nitrogens is 2. The van der Waals surface area contributed by atoms with E-state index in [-0.39, 0.29) is 0 Å². The zero-order chi connectivity index (χ0) is 12.3. The Labute approximate surface area is 101 Å². The molecule has 0 amide bonds. The summed E-state index contributed by atoms with van der Waals surface area (Å²) >= 11 is 0. The van der Waals surface area contributed by atoms with E-state index in [0.717, 1.165) is 19.0 Å². The molecule has 1 saturated heterocycles. The van der Waals surface area contributed by atoms with Gasteiger partial charge < -0.3 is 15.2 Å². The molecule has 1 aromatic rings. The predicted octanol–water partition coefficient (Wildman–Crippen LogP) is 0.925. The van der Waals surface area contributed by atoms with Crippen LogP contribution in [0.2, 0.25) is 0 Å². The highest BCUT2D eigenvalue weighted by Gasteiger charge is 2.17. The van der Waals surface area contributed by atoms with Crippen LogP contribution >= 0.6 is 0 Å². The van der Waals surface area contributed by atoms with Crippen LogP contribution in [0.4, 0.5) is 0 Å². The summed E-state index contributed by atoms with van der Waals surface area (Å²) in [6.45, 7) is 6.38. The van der Waals surface area contributed by atoms with Gasteiger partial charge in [-0.25, -0.2) is 4.99 Å². The van der Waals surface area contributed by atoms with Gasteiger partial charge in [0.2, 0.25) is 5.89 Å². The minimum Gasteiger partial charge on any atom is -0.370 e. The van der Waals surface area contributed by atoms with Crippen molar-refractivity contribution in [3.63, 3.8) is 0 Å². The Morgan fingerprint density at radius 2 is 2.24 bits per heavy atom. The van der Waals surface area contributed by atoms with Crippen LogP contribution < -0.4 is 5.73 Å². The van der Waals surface area contributed by atoms with Gasteiger partial charge in [0.15, 0.2) is 11.8 Å². The lowest BCUT2D eigenvalue weighted by molar-refractivity contribution is 0.277. The van der Waals surface area contributed by atoms with Crippen molar-refractivity contribution in [1.29, 1.82) is 0 Å².